The minimum atomic E-state index is -0.365. The molecule has 0 spiro atoms. The number of nitrogens with zero attached hydrogens (tertiary/aromatic N) is 2. The third-order valence-corrected chi connectivity index (χ3v) is 5.33. The average Bonchev–Trinajstić information content (AvgIpc) is 3.07. The van der Waals surface area contributed by atoms with Gasteiger partial charge in [-0.05, 0) is 37.3 Å². The number of halogens is 1. The molecule has 0 saturated heterocycles. The molecule has 0 aliphatic carbocycles. The molecule has 142 valence electrons. The maximum absolute atomic E-state index is 13.0. The molecule has 8 heteroatoms. The van der Waals surface area contributed by atoms with E-state index in [9.17, 15) is 14.0 Å². The summed E-state index contributed by atoms with van der Waals surface area (Å²) in [5.41, 5.74) is 2.26. The summed E-state index contributed by atoms with van der Waals surface area (Å²) in [4.78, 5) is 32.9. The van der Waals surface area contributed by atoms with Crippen LogP contribution in [0.3, 0.4) is 0 Å². The van der Waals surface area contributed by atoms with Crippen LogP contribution in [0.4, 0.5) is 10.1 Å². The third kappa shape index (κ3) is 3.38. The first-order valence-electron chi connectivity index (χ1n) is 8.76. The van der Waals surface area contributed by atoms with Crippen molar-refractivity contribution in [1.82, 2.24) is 14.5 Å². The molecule has 2 aromatic heterocycles. The van der Waals surface area contributed by atoms with Crippen LogP contribution in [-0.2, 0) is 11.3 Å². The monoisotopic (exact) mass is 396 g/mol. The average molecular weight is 396 g/mol. The van der Waals surface area contributed by atoms with E-state index in [2.05, 4.69) is 15.3 Å². The number of rotatable bonds is 5. The minimum Gasteiger partial charge on any atom is -0.349 e. The summed E-state index contributed by atoms with van der Waals surface area (Å²) in [5.74, 6) is -0.541. The van der Waals surface area contributed by atoms with Crippen LogP contribution >= 0.6 is 11.8 Å². The number of H-pyrrole nitrogens is 1. The van der Waals surface area contributed by atoms with Crippen LogP contribution < -0.4 is 10.9 Å². The number of hydrogen-bond donors (Lipinski definition) is 2. The second-order valence-electron chi connectivity index (χ2n) is 6.18. The molecule has 4 aromatic rings. The maximum Gasteiger partial charge on any atom is 0.278 e. The SMILES string of the molecule is CCn1c(SCC(=O)Nc2ccc(F)cc2)nc2c([nH]c3ccccc32)c1=O. The number of aromatic amines is 1. The molecule has 0 radical (unpaired) electrons. The van der Waals surface area contributed by atoms with E-state index in [1.54, 1.807) is 4.57 Å². The van der Waals surface area contributed by atoms with Crippen LogP contribution in [0.15, 0.2) is 58.5 Å². The summed E-state index contributed by atoms with van der Waals surface area (Å²) in [6, 6.07) is 13.2. The van der Waals surface area contributed by atoms with E-state index < -0.39 is 0 Å². The highest BCUT2D eigenvalue weighted by molar-refractivity contribution is 7.99. The zero-order valence-electron chi connectivity index (χ0n) is 15.0. The maximum atomic E-state index is 13.0. The van der Waals surface area contributed by atoms with Crippen LogP contribution in [0.1, 0.15) is 6.92 Å². The Morgan fingerprint density at radius 1 is 1.21 bits per heavy atom. The summed E-state index contributed by atoms with van der Waals surface area (Å²) in [6.45, 7) is 2.30. The Hall–Kier alpha value is -3.13. The van der Waals surface area contributed by atoms with E-state index in [4.69, 9.17) is 0 Å². The highest BCUT2D eigenvalue weighted by Crippen LogP contribution is 2.24. The van der Waals surface area contributed by atoms with Gasteiger partial charge in [-0.2, -0.15) is 0 Å². The second kappa shape index (κ2) is 7.47. The van der Waals surface area contributed by atoms with E-state index in [1.807, 2.05) is 31.2 Å². The molecule has 4 rings (SSSR count). The van der Waals surface area contributed by atoms with Gasteiger partial charge in [0.15, 0.2) is 5.16 Å². The number of para-hydroxylation sites is 1. The molecule has 0 fully saturated rings. The molecule has 0 unspecified atom stereocenters. The second-order valence-corrected chi connectivity index (χ2v) is 7.12. The zero-order chi connectivity index (χ0) is 19.7. The van der Waals surface area contributed by atoms with Crippen molar-refractivity contribution in [2.45, 2.75) is 18.6 Å². The Labute approximate surface area is 163 Å². The summed E-state index contributed by atoms with van der Waals surface area (Å²) in [6.07, 6.45) is 0. The first-order valence-corrected chi connectivity index (χ1v) is 9.75. The fraction of sp³-hybridized carbons (Fsp3) is 0.150. The third-order valence-electron chi connectivity index (χ3n) is 4.35. The largest absolute Gasteiger partial charge is 0.349 e. The first kappa shape index (κ1) is 18.2. The lowest BCUT2D eigenvalue weighted by atomic mass is 10.2. The van der Waals surface area contributed by atoms with Gasteiger partial charge >= 0.3 is 0 Å². The standard InChI is InChI=1S/C20H17FN4O2S/c1-2-25-19(27)18-17(14-5-3-4-6-15(14)23-18)24-20(25)28-11-16(26)22-13-9-7-12(21)8-10-13/h3-10,23H,2,11H2,1H3,(H,22,26). The van der Waals surface area contributed by atoms with Gasteiger partial charge in [-0.1, -0.05) is 30.0 Å². The van der Waals surface area contributed by atoms with E-state index in [0.29, 0.717) is 28.4 Å². The molecule has 6 nitrogen and oxygen atoms in total. The van der Waals surface area contributed by atoms with Gasteiger partial charge < -0.3 is 10.3 Å². The molecule has 0 aliphatic rings. The van der Waals surface area contributed by atoms with E-state index in [1.165, 1.54) is 36.0 Å². The highest BCUT2D eigenvalue weighted by atomic mass is 32.2. The fourth-order valence-electron chi connectivity index (χ4n) is 3.03. The molecule has 0 bridgehead atoms. The smallest absolute Gasteiger partial charge is 0.278 e. The molecule has 2 aromatic carbocycles. The van der Waals surface area contributed by atoms with Crippen molar-refractivity contribution in [2.24, 2.45) is 0 Å². The van der Waals surface area contributed by atoms with E-state index in [-0.39, 0.29) is 23.0 Å². The van der Waals surface area contributed by atoms with Crippen molar-refractivity contribution >= 4 is 45.3 Å². The number of carbonyl (C=O) groups excluding carboxylic acids is 1. The number of carbonyl (C=O) groups is 1. The van der Waals surface area contributed by atoms with Crippen molar-refractivity contribution in [3.63, 3.8) is 0 Å². The van der Waals surface area contributed by atoms with Gasteiger partial charge in [0.2, 0.25) is 5.91 Å². The summed E-state index contributed by atoms with van der Waals surface area (Å²) in [7, 11) is 0. The molecular formula is C20H17FN4O2S. The van der Waals surface area contributed by atoms with Gasteiger partial charge in [0, 0.05) is 23.1 Å². The van der Waals surface area contributed by atoms with E-state index in [0.717, 1.165) is 10.9 Å². The number of hydrogen-bond acceptors (Lipinski definition) is 4. The van der Waals surface area contributed by atoms with Crippen LogP contribution in [0, 0.1) is 5.82 Å². The minimum absolute atomic E-state index is 0.0810. The van der Waals surface area contributed by atoms with E-state index >= 15 is 0 Å². The molecule has 28 heavy (non-hydrogen) atoms. The Morgan fingerprint density at radius 2 is 1.96 bits per heavy atom. The number of anilines is 1. The zero-order valence-corrected chi connectivity index (χ0v) is 15.8. The van der Waals surface area contributed by atoms with Gasteiger partial charge in [-0.25, -0.2) is 9.37 Å². The predicted octanol–water partition coefficient (Wildman–Crippen LogP) is 3.77. The Morgan fingerprint density at radius 3 is 2.71 bits per heavy atom. The lowest BCUT2D eigenvalue weighted by Gasteiger charge is -2.10. The highest BCUT2D eigenvalue weighted by Gasteiger charge is 2.16. The summed E-state index contributed by atoms with van der Waals surface area (Å²) >= 11 is 1.19. The van der Waals surface area contributed by atoms with Gasteiger partial charge in [0.1, 0.15) is 16.9 Å². The molecule has 2 N–H and O–H groups in total. The Kier molecular flexibility index (Phi) is 4.87. The molecule has 0 saturated carbocycles. The van der Waals surface area contributed by atoms with Crippen molar-refractivity contribution in [3.8, 4) is 0 Å². The number of benzene rings is 2. The number of aromatic nitrogens is 3. The lowest BCUT2D eigenvalue weighted by molar-refractivity contribution is -0.113. The Bertz CT molecular complexity index is 1230. The first-order chi connectivity index (χ1) is 13.6. The van der Waals surface area contributed by atoms with Crippen LogP contribution in [-0.4, -0.2) is 26.2 Å². The van der Waals surface area contributed by atoms with Gasteiger partial charge in [0.05, 0.1) is 5.75 Å². The predicted molar refractivity (Wildman–Crippen MR) is 109 cm³/mol. The number of fused-ring (bicyclic) bond motifs is 3. The van der Waals surface area contributed by atoms with Crippen molar-refractivity contribution in [2.75, 3.05) is 11.1 Å². The molecule has 0 aliphatic heterocycles. The number of amides is 1. The fourth-order valence-corrected chi connectivity index (χ4v) is 3.88. The van der Waals surface area contributed by atoms with Crippen molar-refractivity contribution in [1.29, 1.82) is 0 Å². The van der Waals surface area contributed by atoms with Crippen LogP contribution in [0.5, 0.6) is 0 Å². The van der Waals surface area contributed by atoms with Gasteiger partial charge in [-0.3, -0.25) is 14.2 Å². The normalized spacial score (nSPS) is 11.2. The van der Waals surface area contributed by atoms with Gasteiger partial charge in [0.25, 0.3) is 5.56 Å². The quantitative estimate of drug-likeness (QED) is 0.398. The van der Waals surface area contributed by atoms with Crippen LogP contribution in [0.25, 0.3) is 21.9 Å². The Balaban J connectivity index is 1.62. The molecule has 0 atom stereocenters. The molecular weight excluding hydrogens is 379 g/mol. The number of nitrogens with one attached hydrogen (secondary N) is 2. The lowest BCUT2D eigenvalue weighted by Crippen LogP contribution is -2.23. The molecule has 2 heterocycles. The van der Waals surface area contributed by atoms with Crippen LogP contribution in [0.2, 0.25) is 0 Å². The van der Waals surface area contributed by atoms with Crippen molar-refractivity contribution < 1.29 is 9.18 Å². The topological polar surface area (TPSA) is 79.8 Å². The van der Waals surface area contributed by atoms with Gasteiger partial charge in [-0.15, -0.1) is 0 Å². The van der Waals surface area contributed by atoms with Crippen molar-refractivity contribution in [3.05, 3.63) is 64.7 Å². The molecule has 1 amide bonds. The number of thioether (sulfide) groups is 1. The summed E-state index contributed by atoms with van der Waals surface area (Å²) in [5, 5.41) is 4.06. The summed E-state index contributed by atoms with van der Waals surface area (Å²) < 4.78 is 14.5.